The van der Waals surface area contributed by atoms with Crippen LogP contribution in [0.5, 0.6) is 5.75 Å². The van der Waals surface area contributed by atoms with Crippen molar-refractivity contribution in [1.29, 1.82) is 0 Å². The number of para-hydroxylation sites is 1. The first-order chi connectivity index (χ1) is 17.4. The summed E-state index contributed by atoms with van der Waals surface area (Å²) in [4.78, 5) is 20.8. The normalized spacial score (nSPS) is 11.1. The molecular formula is C27H24FN5O3. The van der Waals surface area contributed by atoms with Crippen LogP contribution >= 0.6 is 0 Å². The molecule has 0 spiro atoms. The lowest BCUT2D eigenvalue weighted by atomic mass is 10.0. The summed E-state index contributed by atoms with van der Waals surface area (Å²) in [7, 11) is 0. The molecule has 0 aliphatic heterocycles. The van der Waals surface area contributed by atoms with Gasteiger partial charge in [0.15, 0.2) is 6.39 Å². The van der Waals surface area contributed by atoms with Crippen LogP contribution in [0.25, 0.3) is 22.2 Å². The minimum atomic E-state index is -0.434. The maximum absolute atomic E-state index is 14.2. The minimum Gasteiger partial charge on any atom is -0.487 e. The number of aromatic nitrogens is 4. The predicted octanol–water partition coefficient (Wildman–Crippen LogP) is 5.19. The Morgan fingerprint density at radius 3 is 2.75 bits per heavy atom. The fraction of sp³-hybridized carbons (Fsp3) is 0.185. The van der Waals surface area contributed by atoms with Gasteiger partial charge in [-0.1, -0.05) is 12.1 Å². The highest BCUT2D eigenvalue weighted by atomic mass is 19.1. The summed E-state index contributed by atoms with van der Waals surface area (Å²) in [5.74, 6) is -0.129. The van der Waals surface area contributed by atoms with Gasteiger partial charge in [0.1, 0.15) is 23.7 Å². The lowest BCUT2D eigenvalue weighted by Gasteiger charge is -2.16. The molecule has 0 radical (unpaired) electrons. The number of benzene rings is 2. The second-order valence-corrected chi connectivity index (χ2v) is 8.59. The summed E-state index contributed by atoms with van der Waals surface area (Å²) in [6, 6.07) is 10.6. The number of nitrogens with zero attached hydrogens (tertiary/aromatic N) is 3. The molecule has 0 aliphatic rings. The quantitative estimate of drug-likeness (QED) is 0.329. The first-order valence-corrected chi connectivity index (χ1v) is 11.4. The Balaban J connectivity index is 1.45. The molecule has 8 nitrogen and oxygen atoms in total. The topological polar surface area (TPSA) is 106 Å². The summed E-state index contributed by atoms with van der Waals surface area (Å²) in [5.41, 5.74) is 6.64. The van der Waals surface area contributed by atoms with Gasteiger partial charge in [-0.2, -0.15) is 5.10 Å². The van der Waals surface area contributed by atoms with Crippen molar-refractivity contribution in [1.82, 2.24) is 25.5 Å². The number of nitrogens with one attached hydrogen (secondary N) is 2. The van der Waals surface area contributed by atoms with Crippen LogP contribution in [0.4, 0.5) is 4.39 Å². The molecule has 0 unspecified atom stereocenters. The van der Waals surface area contributed by atoms with Crippen molar-refractivity contribution in [2.45, 2.75) is 33.9 Å². The van der Waals surface area contributed by atoms with Crippen molar-refractivity contribution < 1.29 is 18.3 Å². The Morgan fingerprint density at radius 2 is 2.00 bits per heavy atom. The van der Waals surface area contributed by atoms with Gasteiger partial charge in [-0.15, -0.1) is 0 Å². The zero-order chi connectivity index (χ0) is 25.2. The van der Waals surface area contributed by atoms with E-state index in [4.69, 9.17) is 14.1 Å². The SMILES string of the molecule is Cc1cc(-c2[nH]ncc2C)c2cccc(OCc3c(C)cc(F)cc3CNC(=O)c3cnco3)c2n1. The third-order valence-electron chi connectivity index (χ3n) is 6.03. The number of aryl methyl sites for hydroxylation is 3. The van der Waals surface area contributed by atoms with Gasteiger partial charge in [-0.3, -0.25) is 9.89 Å². The Labute approximate surface area is 206 Å². The number of H-pyrrole nitrogens is 1. The number of ether oxygens (including phenoxy) is 1. The molecule has 5 aromatic rings. The van der Waals surface area contributed by atoms with E-state index in [9.17, 15) is 9.18 Å². The lowest BCUT2D eigenvalue weighted by Crippen LogP contribution is -2.23. The van der Waals surface area contributed by atoms with Crippen molar-refractivity contribution in [2.75, 3.05) is 0 Å². The van der Waals surface area contributed by atoms with Gasteiger partial charge in [0.25, 0.3) is 5.91 Å². The average Bonchev–Trinajstić information content (AvgIpc) is 3.53. The number of oxazole rings is 1. The van der Waals surface area contributed by atoms with Crippen LogP contribution in [-0.2, 0) is 13.2 Å². The molecule has 2 N–H and O–H groups in total. The Morgan fingerprint density at radius 1 is 1.14 bits per heavy atom. The molecule has 5 rings (SSSR count). The van der Waals surface area contributed by atoms with Gasteiger partial charge < -0.3 is 14.5 Å². The Bertz CT molecular complexity index is 1560. The molecule has 1 amide bonds. The average molecular weight is 486 g/mol. The summed E-state index contributed by atoms with van der Waals surface area (Å²) in [6.07, 6.45) is 4.29. The molecule has 2 aromatic carbocycles. The van der Waals surface area contributed by atoms with Crippen LogP contribution in [0, 0.1) is 26.6 Å². The van der Waals surface area contributed by atoms with E-state index in [1.807, 2.05) is 45.0 Å². The van der Waals surface area contributed by atoms with Crippen molar-refractivity contribution in [3.05, 3.63) is 94.7 Å². The number of halogens is 1. The van der Waals surface area contributed by atoms with Gasteiger partial charge in [-0.25, -0.2) is 14.4 Å². The number of rotatable bonds is 7. The van der Waals surface area contributed by atoms with Gasteiger partial charge in [0.2, 0.25) is 5.76 Å². The van der Waals surface area contributed by atoms with Gasteiger partial charge in [0, 0.05) is 23.2 Å². The molecular weight excluding hydrogens is 461 g/mol. The van der Waals surface area contributed by atoms with E-state index in [1.54, 1.807) is 6.20 Å². The summed E-state index contributed by atoms with van der Waals surface area (Å²) >= 11 is 0. The number of carbonyl (C=O) groups excluding carboxylic acids is 1. The Kier molecular flexibility index (Phi) is 6.20. The lowest BCUT2D eigenvalue weighted by molar-refractivity contribution is 0.0923. The second-order valence-electron chi connectivity index (χ2n) is 8.59. The maximum atomic E-state index is 14.2. The van der Waals surface area contributed by atoms with Gasteiger partial charge in [-0.05, 0) is 67.3 Å². The van der Waals surface area contributed by atoms with Crippen LogP contribution in [0.1, 0.15) is 38.5 Å². The first kappa shape index (κ1) is 23.2. The van der Waals surface area contributed by atoms with E-state index in [2.05, 4.69) is 20.5 Å². The van der Waals surface area contributed by atoms with Crippen LogP contribution in [-0.4, -0.2) is 26.1 Å². The van der Waals surface area contributed by atoms with E-state index >= 15 is 0 Å². The molecule has 36 heavy (non-hydrogen) atoms. The van der Waals surface area contributed by atoms with E-state index in [0.717, 1.165) is 44.5 Å². The molecule has 182 valence electrons. The summed E-state index contributed by atoms with van der Waals surface area (Å²) in [5, 5.41) is 10.9. The molecule has 0 atom stereocenters. The van der Waals surface area contributed by atoms with E-state index < -0.39 is 5.91 Å². The number of fused-ring (bicyclic) bond motifs is 1. The van der Waals surface area contributed by atoms with Crippen LogP contribution in [0.3, 0.4) is 0 Å². The fourth-order valence-electron chi connectivity index (χ4n) is 4.24. The number of hydrogen-bond acceptors (Lipinski definition) is 6. The largest absolute Gasteiger partial charge is 0.487 e. The highest BCUT2D eigenvalue weighted by Crippen LogP contribution is 2.34. The van der Waals surface area contributed by atoms with Crippen molar-refractivity contribution in [3.63, 3.8) is 0 Å². The third-order valence-corrected chi connectivity index (χ3v) is 6.03. The van der Waals surface area contributed by atoms with Crippen molar-refractivity contribution >= 4 is 16.8 Å². The van der Waals surface area contributed by atoms with Crippen molar-refractivity contribution in [2.24, 2.45) is 0 Å². The van der Waals surface area contributed by atoms with E-state index in [1.165, 1.54) is 24.7 Å². The van der Waals surface area contributed by atoms with Crippen molar-refractivity contribution in [3.8, 4) is 17.0 Å². The smallest absolute Gasteiger partial charge is 0.288 e. The number of amides is 1. The molecule has 0 saturated carbocycles. The second kappa shape index (κ2) is 9.61. The number of hydrogen-bond donors (Lipinski definition) is 2. The van der Waals surface area contributed by atoms with Gasteiger partial charge in [0.05, 0.1) is 18.1 Å². The molecule has 0 aliphatic carbocycles. The fourth-order valence-corrected chi connectivity index (χ4v) is 4.24. The van der Waals surface area contributed by atoms with Gasteiger partial charge >= 0.3 is 0 Å². The molecule has 0 saturated heterocycles. The first-order valence-electron chi connectivity index (χ1n) is 11.4. The number of pyridine rings is 1. The molecule has 0 fully saturated rings. The van der Waals surface area contributed by atoms with Crippen LogP contribution in [0.2, 0.25) is 0 Å². The molecule has 9 heteroatoms. The third kappa shape index (κ3) is 4.55. The minimum absolute atomic E-state index is 0.0847. The number of aromatic amines is 1. The Hall–Kier alpha value is -4.53. The highest BCUT2D eigenvalue weighted by Gasteiger charge is 2.16. The summed E-state index contributed by atoms with van der Waals surface area (Å²) < 4.78 is 25.5. The predicted molar refractivity (Wildman–Crippen MR) is 132 cm³/mol. The standard InChI is InChI=1S/C27H24FN5O3/c1-15-7-19(28)9-18(11-30-27(34)24-12-29-14-36-24)22(15)13-35-23-6-4-5-20-21(8-17(3)32-26(20)23)25-16(2)10-31-33-25/h4-10,12,14H,11,13H2,1-3H3,(H,30,34)(H,31,33). The molecule has 3 aromatic heterocycles. The zero-order valence-corrected chi connectivity index (χ0v) is 20.1. The monoisotopic (exact) mass is 485 g/mol. The molecule has 0 bridgehead atoms. The van der Waals surface area contributed by atoms with Crippen LogP contribution < -0.4 is 10.1 Å². The maximum Gasteiger partial charge on any atom is 0.288 e. The zero-order valence-electron chi connectivity index (χ0n) is 20.1. The van der Waals surface area contributed by atoms with E-state index in [-0.39, 0.29) is 24.7 Å². The van der Waals surface area contributed by atoms with Crippen LogP contribution in [0.15, 0.2) is 59.6 Å². The highest BCUT2D eigenvalue weighted by molar-refractivity contribution is 5.97. The number of carbonyl (C=O) groups is 1. The summed E-state index contributed by atoms with van der Waals surface area (Å²) in [6.45, 7) is 6.03. The molecule has 3 heterocycles. The van der Waals surface area contributed by atoms with E-state index in [0.29, 0.717) is 11.3 Å².